The van der Waals surface area contributed by atoms with E-state index in [1.165, 1.54) is 38.5 Å². The van der Waals surface area contributed by atoms with E-state index in [0.717, 1.165) is 29.9 Å². The summed E-state index contributed by atoms with van der Waals surface area (Å²) < 4.78 is 5.13. The fourth-order valence-corrected chi connectivity index (χ4v) is 5.94. The Morgan fingerprint density at radius 3 is 2.19 bits per heavy atom. The highest BCUT2D eigenvalue weighted by atomic mass is 35.5. The van der Waals surface area contributed by atoms with Crippen LogP contribution in [0.25, 0.3) is 0 Å². The second-order valence-corrected chi connectivity index (χ2v) is 9.09. The van der Waals surface area contributed by atoms with Gasteiger partial charge in [0.05, 0.1) is 6.42 Å². The molecule has 1 aromatic rings. The van der Waals surface area contributed by atoms with Crippen molar-refractivity contribution >= 4 is 23.5 Å². The fourth-order valence-electron chi connectivity index (χ4n) is 5.81. The second-order valence-electron chi connectivity index (χ2n) is 8.66. The lowest BCUT2D eigenvalue weighted by atomic mass is 9.49. The first-order chi connectivity index (χ1) is 12.5. The molecule has 5 rings (SSSR count). The molecule has 0 unspecified atom stereocenters. The highest BCUT2D eigenvalue weighted by molar-refractivity contribution is 6.30. The monoisotopic (exact) mass is 375 g/mol. The van der Waals surface area contributed by atoms with Crippen molar-refractivity contribution in [2.75, 3.05) is 13.2 Å². The number of nitrogens with one attached hydrogen (secondary N) is 1. The molecule has 0 aromatic heterocycles. The Balaban J connectivity index is 1.21. The molecule has 0 heterocycles. The van der Waals surface area contributed by atoms with Gasteiger partial charge in [0.15, 0.2) is 6.61 Å². The molecule has 0 aliphatic heterocycles. The van der Waals surface area contributed by atoms with Crippen molar-refractivity contribution in [3.05, 3.63) is 34.9 Å². The van der Waals surface area contributed by atoms with Gasteiger partial charge in [-0.15, -0.1) is 0 Å². The molecule has 4 fully saturated rings. The lowest BCUT2D eigenvalue weighted by Crippen LogP contribution is -2.51. The van der Waals surface area contributed by atoms with Crippen molar-refractivity contribution in [2.24, 2.45) is 23.2 Å². The van der Waals surface area contributed by atoms with Crippen molar-refractivity contribution in [1.82, 2.24) is 5.32 Å². The van der Waals surface area contributed by atoms with Crippen molar-refractivity contribution in [3.63, 3.8) is 0 Å². The molecule has 4 saturated carbocycles. The number of rotatable bonds is 6. The summed E-state index contributed by atoms with van der Waals surface area (Å²) in [5.74, 6) is 2.03. The lowest BCUT2D eigenvalue weighted by Gasteiger charge is -2.56. The number of esters is 1. The molecule has 26 heavy (non-hydrogen) atoms. The van der Waals surface area contributed by atoms with Crippen LogP contribution in [0.1, 0.15) is 44.1 Å². The van der Waals surface area contributed by atoms with E-state index in [1.54, 1.807) is 24.3 Å². The molecular formula is C21H26ClNO3. The molecule has 5 heteroatoms. The van der Waals surface area contributed by atoms with Gasteiger partial charge in [0.1, 0.15) is 0 Å². The number of carbonyl (C=O) groups excluding carboxylic acids is 2. The van der Waals surface area contributed by atoms with E-state index in [0.29, 0.717) is 10.4 Å². The normalized spacial score (nSPS) is 31.7. The summed E-state index contributed by atoms with van der Waals surface area (Å²) in [4.78, 5) is 24.0. The van der Waals surface area contributed by atoms with Crippen LogP contribution >= 0.6 is 11.6 Å². The number of carbonyl (C=O) groups is 2. The fraction of sp³-hybridized carbons (Fsp3) is 0.619. The summed E-state index contributed by atoms with van der Waals surface area (Å²) in [6, 6.07) is 7.05. The van der Waals surface area contributed by atoms with Gasteiger partial charge in [-0.2, -0.15) is 0 Å². The molecule has 1 N–H and O–H groups in total. The Hall–Kier alpha value is -1.55. The molecule has 1 aromatic carbocycles. The zero-order chi connectivity index (χ0) is 18.1. The summed E-state index contributed by atoms with van der Waals surface area (Å²) >= 11 is 5.83. The van der Waals surface area contributed by atoms with E-state index >= 15 is 0 Å². The van der Waals surface area contributed by atoms with E-state index in [4.69, 9.17) is 16.3 Å². The molecule has 0 radical (unpaired) electrons. The van der Waals surface area contributed by atoms with Crippen molar-refractivity contribution in [1.29, 1.82) is 0 Å². The Kier molecular flexibility index (Phi) is 4.96. The smallest absolute Gasteiger partial charge is 0.310 e. The van der Waals surface area contributed by atoms with E-state index in [2.05, 4.69) is 5.32 Å². The van der Waals surface area contributed by atoms with E-state index in [-0.39, 0.29) is 18.9 Å². The average molecular weight is 376 g/mol. The minimum absolute atomic E-state index is 0.152. The first-order valence-electron chi connectivity index (χ1n) is 9.66. The first-order valence-corrected chi connectivity index (χ1v) is 10.0. The first kappa shape index (κ1) is 17.8. The van der Waals surface area contributed by atoms with E-state index < -0.39 is 5.97 Å². The van der Waals surface area contributed by atoms with Crippen LogP contribution in [0.4, 0.5) is 0 Å². The van der Waals surface area contributed by atoms with E-state index in [1.807, 2.05) is 0 Å². The number of amides is 1. The Morgan fingerprint density at radius 1 is 1.04 bits per heavy atom. The molecular weight excluding hydrogens is 350 g/mol. The van der Waals surface area contributed by atoms with Crippen molar-refractivity contribution in [3.8, 4) is 0 Å². The van der Waals surface area contributed by atoms with Gasteiger partial charge in [0, 0.05) is 11.6 Å². The van der Waals surface area contributed by atoms with Gasteiger partial charge in [-0.1, -0.05) is 23.7 Å². The molecule has 140 valence electrons. The summed E-state index contributed by atoms with van der Waals surface area (Å²) in [6.07, 6.45) is 8.13. The third-order valence-corrected chi connectivity index (χ3v) is 6.70. The van der Waals surface area contributed by atoms with Crippen LogP contribution in [-0.4, -0.2) is 25.0 Å². The predicted octanol–water partition coefficient (Wildman–Crippen LogP) is 3.76. The number of benzene rings is 1. The summed E-state index contributed by atoms with van der Waals surface area (Å²) in [7, 11) is 0. The summed E-state index contributed by atoms with van der Waals surface area (Å²) in [6.45, 7) is 0.545. The van der Waals surface area contributed by atoms with Gasteiger partial charge in [-0.3, -0.25) is 9.59 Å². The number of halogens is 1. The largest absolute Gasteiger partial charge is 0.455 e. The maximum Gasteiger partial charge on any atom is 0.310 e. The van der Waals surface area contributed by atoms with Crippen LogP contribution in [0.3, 0.4) is 0 Å². The Bertz CT molecular complexity index is 650. The SMILES string of the molecule is O=C(COC(=O)Cc1ccc(Cl)cc1)NCC12CC3CC(CC(C3)C1)C2. The molecule has 1 amide bonds. The standard InChI is InChI=1S/C21H26ClNO3/c22-18-3-1-14(2-4-18)8-20(25)26-12-19(24)23-13-21-9-15-5-16(10-21)7-17(6-15)11-21/h1-4,15-17H,5-13H2,(H,23,24). The predicted molar refractivity (Wildman–Crippen MR) is 99.7 cm³/mol. The van der Waals surface area contributed by atoms with Gasteiger partial charge in [0.25, 0.3) is 5.91 Å². The van der Waals surface area contributed by atoms with Gasteiger partial charge in [0.2, 0.25) is 0 Å². The third kappa shape index (κ3) is 4.06. The zero-order valence-corrected chi connectivity index (χ0v) is 15.8. The molecule has 4 aliphatic rings. The maximum atomic E-state index is 12.1. The molecule has 4 nitrogen and oxygen atoms in total. The highest BCUT2D eigenvalue weighted by Gasteiger charge is 2.50. The number of hydrogen-bond donors (Lipinski definition) is 1. The van der Waals surface area contributed by atoms with Gasteiger partial charge >= 0.3 is 5.97 Å². The van der Waals surface area contributed by atoms with Crippen LogP contribution in [0.15, 0.2) is 24.3 Å². The van der Waals surface area contributed by atoms with Gasteiger partial charge in [-0.05, 0) is 79.4 Å². The van der Waals surface area contributed by atoms with Crippen LogP contribution in [0.5, 0.6) is 0 Å². The van der Waals surface area contributed by atoms with Crippen LogP contribution in [0.2, 0.25) is 5.02 Å². The molecule has 0 saturated heterocycles. The highest BCUT2D eigenvalue weighted by Crippen LogP contribution is 2.59. The zero-order valence-electron chi connectivity index (χ0n) is 15.0. The minimum Gasteiger partial charge on any atom is -0.455 e. The van der Waals surface area contributed by atoms with Gasteiger partial charge in [-0.25, -0.2) is 0 Å². The quantitative estimate of drug-likeness (QED) is 0.770. The topological polar surface area (TPSA) is 55.4 Å². The lowest BCUT2D eigenvalue weighted by molar-refractivity contribution is -0.148. The van der Waals surface area contributed by atoms with Crippen LogP contribution in [0, 0.1) is 23.2 Å². The molecule has 4 aliphatic carbocycles. The van der Waals surface area contributed by atoms with Crippen LogP contribution < -0.4 is 5.32 Å². The second kappa shape index (κ2) is 7.22. The van der Waals surface area contributed by atoms with E-state index in [9.17, 15) is 9.59 Å². The average Bonchev–Trinajstić information content (AvgIpc) is 2.59. The van der Waals surface area contributed by atoms with Crippen molar-refractivity contribution in [2.45, 2.75) is 44.9 Å². The van der Waals surface area contributed by atoms with Gasteiger partial charge < -0.3 is 10.1 Å². The van der Waals surface area contributed by atoms with Crippen molar-refractivity contribution < 1.29 is 14.3 Å². The molecule has 4 bridgehead atoms. The Morgan fingerprint density at radius 2 is 1.62 bits per heavy atom. The number of hydrogen-bond acceptors (Lipinski definition) is 3. The molecule has 0 atom stereocenters. The maximum absolute atomic E-state index is 12.1. The van der Waals surface area contributed by atoms with Crippen LogP contribution in [-0.2, 0) is 20.7 Å². The minimum atomic E-state index is -0.391. The number of ether oxygens (including phenoxy) is 1. The summed E-state index contributed by atoms with van der Waals surface area (Å²) in [5, 5.41) is 3.66. The molecule has 0 spiro atoms. The summed E-state index contributed by atoms with van der Waals surface area (Å²) in [5.41, 5.74) is 1.13. The third-order valence-electron chi connectivity index (χ3n) is 6.45. The Labute approximate surface area is 159 Å².